The molecule has 0 unspecified atom stereocenters. The highest BCUT2D eigenvalue weighted by atomic mass is 16.5. The van der Waals surface area contributed by atoms with Gasteiger partial charge in [-0.15, -0.1) is 0 Å². The Hall–Kier alpha value is -1.92. The summed E-state index contributed by atoms with van der Waals surface area (Å²) in [5.74, 6) is -1.46. The zero-order chi connectivity index (χ0) is 18.9. The van der Waals surface area contributed by atoms with E-state index in [1.807, 2.05) is 23.1 Å². The number of carboxylic acid groups (broad SMARTS) is 1. The van der Waals surface area contributed by atoms with Gasteiger partial charge in [-0.25, -0.2) is 0 Å². The summed E-state index contributed by atoms with van der Waals surface area (Å²) in [6, 6.07) is 7.29. The minimum absolute atomic E-state index is 0.00161. The van der Waals surface area contributed by atoms with E-state index in [1.54, 1.807) is 6.07 Å². The second-order valence-corrected chi connectivity index (χ2v) is 7.93. The maximum absolute atomic E-state index is 13.4. The fourth-order valence-electron chi connectivity index (χ4n) is 5.21. The number of aliphatic carboxylic acids is 1. The Bertz CT molecular complexity index is 708. The molecule has 1 saturated heterocycles. The molecule has 1 aromatic rings. The molecule has 2 fully saturated rings. The summed E-state index contributed by atoms with van der Waals surface area (Å²) in [5, 5.41) is 10.2. The highest BCUT2D eigenvalue weighted by Crippen LogP contribution is 2.49. The number of fused-ring (bicyclic) bond motifs is 1. The average molecular weight is 372 g/mol. The van der Waals surface area contributed by atoms with Gasteiger partial charge in [-0.1, -0.05) is 37.5 Å². The van der Waals surface area contributed by atoms with Crippen LogP contribution in [0.5, 0.6) is 0 Å². The highest BCUT2D eigenvalue weighted by molar-refractivity contribution is 6.01. The van der Waals surface area contributed by atoms with E-state index in [2.05, 4.69) is 4.90 Å². The molecule has 1 N–H and O–H groups in total. The number of carboxylic acids is 1. The minimum Gasteiger partial charge on any atom is -0.481 e. The molecule has 1 aromatic carbocycles. The van der Waals surface area contributed by atoms with Gasteiger partial charge >= 0.3 is 5.97 Å². The van der Waals surface area contributed by atoms with Crippen LogP contribution in [0.15, 0.2) is 24.3 Å². The van der Waals surface area contributed by atoms with E-state index in [0.717, 1.165) is 65.0 Å². The highest BCUT2D eigenvalue weighted by Gasteiger charge is 2.54. The number of nitrogens with zero attached hydrogens (tertiary/aromatic N) is 2. The number of rotatable bonds is 4. The summed E-state index contributed by atoms with van der Waals surface area (Å²) in [4.78, 5) is 30.0. The number of hydrogen-bond acceptors (Lipinski definition) is 4. The number of morpholine rings is 1. The number of amides is 1. The molecule has 1 saturated carbocycles. The molecule has 1 amide bonds. The molecule has 27 heavy (non-hydrogen) atoms. The normalized spacial score (nSPS) is 25.4. The molecular weight excluding hydrogens is 344 g/mol. The predicted octanol–water partition coefficient (Wildman–Crippen LogP) is 2.35. The first-order valence-electron chi connectivity index (χ1n) is 10.1. The summed E-state index contributed by atoms with van der Waals surface area (Å²) in [7, 11) is 0. The van der Waals surface area contributed by atoms with Gasteiger partial charge < -0.3 is 14.7 Å². The second-order valence-electron chi connectivity index (χ2n) is 7.93. The number of carbonyl (C=O) groups is 2. The molecule has 146 valence electrons. The molecular formula is C21H28N2O4. The van der Waals surface area contributed by atoms with Crippen LogP contribution in [0.3, 0.4) is 0 Å². The second kappa shape index (κ2) is 7.60. The van der Waals surface area contributed by atoms with E-state index < -0.39 is 17.4 Å². The third-order valence-electron chi connectivity index (χ3n) is 6.53. The van der Waals surface area contributed by atoms with Crippen LogP contribution in [0.1, 0.15) is 53.9 Å². The monoisotopic (exact) mass is 372 g/mol. The van der Waals surface area contributed by atoms with Gasteiger partial charge in [0.1, 0.15) is 5.92 Å². The fraction of sp³-hybridized carbons (Fsp3) is 0.619. The van der Waals surface area contributed by atoms with Gasteiger partial charge in [-0.3, -0.25) is 14.5 Å². The summed E-state index contributed by atoms with van der Waals surface area (Å²) < 4.78 is 5.42. The molecule has 1 aliphatic carbocycles. The average Bonchev–Trinajstić information content (AvgIpc) is 2.69. The third kappa shape index (κ3) is 3.25. The Morgan fingerprint density at radius 1 is 1.11 bits per heavy atom. The van der Waals surface area contributed by atoms with Crippen molar-refractivity contribution < 1.29 is 19.4 Å². The van der Waals surface area contributed by atoms with Gasteiger partial charge in [0.25, 0.3) is 5.91 Å². The van der Waals surface area contributed by atoms with Crippen molar-refractivity contribution >= 4 is 11.9 Å². The van der Waals surface area contributed by atoms with E-state index in [9.17, 15) is 14.7 Å². The maximum atomic E-state index is 13.4. The molecule has 6 heteroatoms. The first-order valence-corrected chi connectivity index (χ1v) is 10.1. The largest absolute Gasteiger partial charge is 0.481 e. The molecule has 3 aliphatic rings. The van der Waals surface area contributed by atoms with E-state index in [1.165, 1.54) is 0 Å². The van der Waals surface area contributed by atoms with Crippen molar-refractivity contribution in [3.05, 3.63) is 35.4 Å². The first-order chi connectivity index (χ1) is 13.1. The fourth-order valence-corrected chi connectivity index (χ4v) is 5.21. The number of hydrogen-bond donors (Lipinski definition) is 1. The lowest BCUT2D eigenvalue weighted by Crippen LogP contribution is -2.62. The van der Waals surface area contributed by atoms with Gasteiger partial charge in [-0.05, 0) is 24.5 Å². The van der Waals surface area contributed by atoms with E-state index in [4.69, 9.17) is 4.74 Å². The molecule has 2 aliphatic heterocycles. The minimum atomic E-state index is -0.812. The van der Waals surface area contributed by atoms with E-state index >= 15 is 0 Å². The lowest BCUT2D eigenvalue weighted by Gasteiger charge is -2.53. The lowest BCUT2D eigenvalue weighted by molar-refractivity contribution is -0.144. The van der Waals surface area contributed by atoms with Crippen molar-refractivity contribution in [2.45, 2.75) is 43.6 Å². The molecule has 6 nitrogen and oxygen atoms in total. The number of ether oxygens (including phenoxy) is 1. The molecule has 0 bridgehead atoms. The van der Waals surface area contributed by atoms with Gasteiger partial charge in [0, 0.05) is 31.7 Å². The van der Waals surface area contributed by atoms with Crippen LogP contribution in [0.25, 0.3) is 0 Å². The molecule has 2 heterocycles. The van der Waals surface area contributed by atoms with Crippen molar-refractivity contribution in [2.75, 3.05) is 39.4 Å². The quantitative estimate of drug-likeness (QED) is 0.879. The molecule has 0 radical (unpaired) electrons. The van der Waals surface area contributed by atoms with Crippen LogP contribution in [0, 0.1) is 0 Å². The lowest BCUT2D eigenvalue weighted by atomic mass is 9.65. The summed E-state index contributed by atoms with van der Waals surface area (Å²) >= 11 is 0. The van der Waals surface area contributed by atoms with Gasteiger partial charge in [0.05, 0.1) is 18.8 Å². The summed E-state index contributed by atoms with van der Waals surface area (Å²) in [6.07, 6.45) is 4.61. The molecule has 1 atom stereocenters. The number of benzene rings is 1. The smallest absolute Gasteiger partial charge is 0.313 e. The SMILES string of the molecule is O=C(O)[C@@H]1c2ccccc2C(=O)N(CCN2CCOCC2)C12CCCCC2. The van der Waals surface area contributed by atoms with Crippen molar-refractivity contribution in [3.63, 3.8) is 0 Å². The van der Waals surface area contributed by atoms with Crippen LogP contribution >= 0.6 is 0 Å². The van der Waals surface area contributed by atoms with Crippen LogP contribution in [0.4, 0.5) is 0 Å². The zero-order valence-corrected chi connectivity index (χ0v) is 15.7. The number of carbonyl (C=O) groups excluding carboxylic acids is 1. The van der Waals surface area contributed by atoms with Gasteiger partial charge in [0.15, 0.2) is 0 Å². The Balaban J connectivity index is 1.70. The molecule has 1 spiro atoms. The topological polar surface area (TPSA) is 70.1 Å². The van der Waals surface area contributed by atoms with Gasteiger partial charge in [0.2, 0.25) is 0 Å². The van der Waals surface area contributed by atoms with Crippen molar-refractivity contribution in [1.82, 2.24) is 9.80 Å². The van der Waals surface area contributed by atoms with Crippen molar-refractivity contribution in [3.8, 4) is 0 Å². The Morgan fingerprint density at radius 2 is 1.81 bits per heavy atom. The Labute approximate surface area is 160 Å². The molecule has 4 rings (SSSR count). The first kappa shape index (κ1) is 18.4. The molecule has 0 aromatic heterocycles. The summed E-state index contributed by atoms with van der Waals surface area (Å²) in [5.41, 5.74) is 0.657. The Morgan fingerprint density at radius 3 is 2.52 bits per heavy atom. The maximum Gasteiger partial charge on any atom is 0.313 e. The van der Waals surface area contributed by atoms with Gasteiger partial charge in [-0.2, -0.15) is 0 Å². The summed E-state index contributed by atoms with van der Waals surface area (Å²) in [6.45, 7) is 4.53. The van der Waals surface area contributed by atoms with Crippen molar-refractivity contribution in [1.29, 1.82) is 0 Å². The van der Waals surface area contributed by atoms with Crippen LogP contribution in [-0.2, 0) is 9.53 Å². The third-order valence-corrected chi connectivity index (χ3v) is 6.53. The zero-order valence-electron chi connectivity index (χ0n) is 15.7. The van der Waals surface area contributed by atoms with Crippen LogP contribution in [-0.4, -0.2) is 71.7 Å². The Kier molecular flexibility index (Phi) is 5.19. The predicted molar refractivity (Wildman–Crippen MR) is 101 cm³/mol. The van der Waals surface area contributed by atoms with Crippen molar-refractivity contribution in [2.24, 2.45) is 0 Å². The van der Waals surface area contributed by atoms with E-state index in [0.29, 0.717) is 17.7 Å². The van der Waals surface area contributed by atoms with Crippen LogP contribution < -0.4 is 0 Å². The van der Waals surface area contributed by atoms with E-state index in [-0.39, 0.29) is 5.91 Å². The van der Waals surface area contributed by atoms with Crippen LogP contribution in [0.2, 0.25) is 0 Å². The standard InChI is InChI=1S/C21H28N2O4/c24-19-17-7-3-2-6-16(17)18(20(25)26)21(8-4-1-5-9-21)23(19)11-10-22-12-14-27-15-13-22/h2-3,6-7,18H,1,4-5,8-15H2,(H,25,26)/t18-/m0/s1.